The van der Waals surface area contributed by atoms with E-state index in [0.717, 1.165) is 5.56 Å². The molecule has 2 heterocycles. The van der Waals surface area contributed by atoms with Crippen molar-refractivity contribution in [1.29, 1.82) is 0 Å². The third kappa shape index (κ3) is 3.24. The minimum absolute atomic E-state index is 0.0745. The number of amides is 3. The zero-order valence-corrected chi connectivity index (χ0v) is 15.9. The van der Waals surface area contributed by atoms with Crippen molar-refractivity contribution < 1.29 is 23.8 Å². The number of likely N-dealkylation sites (tertiary alicyclic amines) is 1. The maximum atomic E-state index is 14.0. The summed E-state index contributed by atoms with van der Waals surface area (Å²) in [7, 11) is 1.44. The van der Waals surface area contributed by atoms with Crippen molar-refractivity contribution in [2.45, 2.75) is 18.0 Å². The Balaban J connectivity index is 1.65. The van der Waals surface area contributed by atoms with Gasteiger partial charge in [-0.2, -0.15) is 0 Å². The second-order valence-corrected chi connectivity index (χ2v) is 7.16. The topological polar surface area (TPSA) is 82.1 Å². The highest BCUT2D eigenvalue weighted by Crippen LogP contribution is 2.48. The van der Waals surface area contributed by atoms with Gasteiger partial charge in [0.1, 0.15) is 12.4 Å². The van der Waals surface area contributed by atoms with Crippen LogP contribution in [0, 0.1) is 5.82 Å². The van der Waals surface area contributed by atoms with E-state index in [-0.39, 0.29) is 49.4 Å². The number of anilines is 2. The standard InChI is InChI=1S/C21H22FN3O4/c1-29-12-19(27)25-17-10-24(21(28)23-15-8-4-3-7-14(15)22)16-9-5-2-6-13(16)20(17)18(25)11-26/h2-9,17-18,20,26H,10-12H2,1H3,(H,23,28)/t17-,18+,20+/m0/s1. The number of halogens is 1. The van der Waals surface area contributed by atoms with E-state index < -0.39 is 11.8 Å². The number of hydrogen-bond acceptors (Lipinski definition) is 4. The summed E-state index contributed by atoms with van der Waals surface area (Å²) in [5.74, 6) is -0.832. The molecule has 4 rings (SSSR count). The van der Waals surface area contributed by atoms with Gasteiger partial charge < -0.3 is 20.1 Å². The Labute approximate surface area is 167 Å². The molecule has 29 heavy (non-hydrogen) atoms. The molecule has 0 radical (unpaired) electrons. The van der Waals surface area contributed by atoms with Gasteiger partial charge in [-0.25, -0.2) is 9.18 Å². The number of aliphatic hydroxyl groups is 1. The van der Waals surface area contributed by atoms with E-state index in [9.17, 15) is 19.1 Å². The third-order valence-electron chi connectivity index (χ3n) is 5.60. The Morgan fingerprint density at radius 3 is 2.66 bits per heavy atom. The van der Waals surface area contributed by atoms with Crippen LogP contribution < -0.4 is 10.2 Å². The molecule has 2 N–H and O–H groups in total. The Hall–Kier alpha value is -2.97. The van der Waals surface area contributed by atoms with Crippen molar-refractivity contribution in [3.05, 3.63) is 59.9 Å². The first kappa shape index (κ1) is 19.4. The van der Waals surface area contributed by atoms with Crippen LogP contribution in [-0.4, -0.2) is 60.9 Å². The van der Waals surface area contributed by atoms with Gasteiger partial charge in [0.05, 0.1) is 24.4 Å². The molecule has 0 saturated carbocycles. The van der Waals surface area contributed by atoms with Crippen LogP contribution in [0.15, 0.2) is 48.5 Å². The molecule has 0 spiro atoms. The fourth-order valence-electron chi connectivity index (χ4n) is 4.37. The van der Waals surface area contributed by atoms with Gasteiger partial charge in [-0.15, -0.1) is 0 Å². The molecule has 1 saturated heterocycles. The molecular formula is C21H22FN3O4. The molecule has 2 aromatic carbocycles. The summed E-state index contributed by atoms with van der Waals surface area (Å²) in [4.78, 5) is 28.6. The predicted molar refractivity (Wildman–Crippen MR) is 105 cm³/mol. The number of carbonyl (C=O) groups excluding carboxylic acids is 2. The average molecular weight is 399 g/mol. The number of fused-ring (bicyclic) bond motifs is 3. The number of aliphatic hydroxyl groups excluding tert-OH is 1. The van der Waals surface area contributed by atoms with Gasteiger partial charge in [0.25, 0.3) is 0 Å². The zero-order valence-electron chi connectivity index (χ0n) is 15.9. The Morgan fingerprint density at radius 2 is 1.93 bits per heavy atom. The van der Waals surface area contributed by atoms with E-state index in [1.807, 2.05) is 24.3 Å². The van der Waals surface area contributed by atoms with Gasteiger partial charge in [0, 0.05) is 25.3 Å². The number of para-hydroxylation sites is 2. The number of nitrogens with zero attached hydrogens (tertiary/aromatic N) is 2. The van der Waals surface area contributed by atoms with Crippen molar-refractivity contribution in [2.24, 2.45) is 0 Å². The first-order valence-electron chi connectivity index (χ1n) is 9.39. The van der Waals surface area contributed by atoms with Crippen LogP contribution in [0.25, 0.3) is 0 Å². The minimum atomic E-state index is -0.523. The summed E-state index contributed by atoms with van der Waals surface area (Å²) in [5.41, 5.74) is 1.67. The number of methoxy groups -OCH3 is 1. The van der Waals surface area contributed by atoms with E-state index in [2.05, 4.69) is 5.32 Å². The molecule has 0 aliphatic carbocycles. The zero-order chi connectivity index (χ0) is 20.5. The van der Waals surface area contributed by atoms with E-state index >= 15 is 0 Å². The number of rotatable bonds is 4. The normalized spacial score (nSPS) is 22.4. The molecular weight excluding hydrogens is 377 g/mol. The van der Waals surface area contributed by atoms with Crippen molar-refractivity contribution >= 4 is 23.3 Å². The van der Waals surface area contributed by atoms with Crippen molar-refractivity contribution in [3.8, 4) is 0 Å². The fraction of sp³-hybridized carbons (Fsp3) is 0.333. The largest absolute Gasteiger partial charge is 0.394 e. The maximum absolute atomic E-state index is 14.0. The number of carbonyl (C=O) groups is 2. The van der Waals surface area contributed by atoms with Gasteiger partial charge in [-0.1, -0.05) is 30.3 Å². The number of nitrogens with one attached hydrogen (secondary N) is 1. The molecule has 3 amide bonds. The lowest BCUT2D eigenvalue weighted by Gasteiger charge is -2.58. The molecule has 152 valence electrons. The lowest BCUT2D eigenvalue weighted by Crippen LogP contribution is -2.71. The number of urea groups is 1. The second-order valence-electron chi connectivity index (χ2n) is 7.16. The number of benzene rings is 2. The van der Waals surface area contributed by atoms with Crippen LogP contribution in [0.4, 0.5) is 20.6 Å². The van der Waals surface area contributed by atoms with Crippen LogP contribution in [0.2, 0.25) is 0 Å². The molecule has 0 bridgehead atoms. The molecule has 7 nitrogen and oxygen atoms in total. The lowest BCUT2D eigenvalue weighted by atomic mass is 9.72. The molecule has 8 heteroatoms. The summed E-state index contributed by atoms with van der Waals surface area (Å²) in [6, 6.07) is 12.2. The summed E-state index contributed by atoms with van der Waals surface area (Å²) < 4.78 is 18.9. The predicted octanol–water partition coefficient (Wildman–Crippen LogP) is 2.18. The lowest BCUT2D eigenvalue weighted by molar-refractivity contribution is -0.154. The van der Waals surface area contributed by atoms with Gasteiger partial charge in [0.2, 0.25) is 5.91 Å². The summed E-state index contributed by atoms with van der Waals surface area (Å²) >= 11 is 0. The Morgan fingerprint density at radius 1 is 1.21 bits per heavy atom. The minimum Gasteiger partial charge on any atom is -0.394 e. The van der Waals surface area contributed by atoms with E-state index in [1.165, 1.54) is 24.1 Å². The summed E-state index contributed by atoms with van der Waals surface area (Å²) in [6.07, 6.45) is 0. The van der Waals surface area contributed by atoms with Gasteiger partial charge in [0.15, 0.2) is 0 Å². The van der Waals surface area contributed by atoms with Crippen LogP contribution in [0.1, 0.15) is 11.5 Å². The van der Waals surface area contributed by atoms with Gasteiger partial charge in [-0.05, 0) is 23.8 Å². The Bertz CT molecular complexity index is 938. The SMILES string of the molecule is COCC(=O)N1[C@H](CO)[C@@H]2c3ccccc3N(C(=O)Nc3ccccc3F)C[C@@H]21. The monoisotopic (exact) mass is 399 g/mol. The smallest absolute Gasteiger partial charge is 0.326 e. The molecule has 0 aromatic heterocycles. The fourth-order valence-corrected chi connectivity index (χ4v) is 4.37. The highest BCUT2D eigenvalue weighted by Gasteiger charge is 2.55. The van der Waals surface area contributed by atoms with Gasteiger partial charge in [-0.3, -0.25) is 9.69 Å². The average Bonchev–Trinajstić information content (AvgIpc) is 2.70. The molecule has 0 unspecified atom stereocenters. The first-order valence-corrected chi connectivity index (χ1v) is 9.39. The Kier molecular flexibility index (Phi) is 5.21. The molecule has 1 fully saturated rings. The van der Waals surface area contributed by atoms with Crippen LogP contribution in [-0.2, 0) is 9.53 Å². The van der Waals surface area contributed by atoms with Crippen LogP contribution in [0.5, 0.6) is 0 Å². The van der Waals surface area contributed by atoms with E-state index in [1.54, 1.807) is 17.0 Å². The van der Waals surface area contributed by atoms with E-state index in [0.29, 0.717) is 5.69 Å². The van der Waals surface area contributed by atoms with Crippen molar-refractivity contribution in [3.63, 3.8) is 0 Å². The van der Waals surface area contributed by atoms with Crippen LogP contribution in [0.3, 0.4) is 0 Å². The highest BCUT2D eigenvalue weighted by molar-refractivity contribution is 6.03. The number of ether oxygens (including phenoxy) is 1. The summed E-state index contributed by atoms with van der Waals surface area (Å²) in [5, 5.41) is 12.5. The molecule has 3 atom stereocenters. The van der Waals surface area contributed by atoms with Crippen molar-refractivity contribution in [1.82, 2.24) is 4.90 Å². The summed E-state index contributed by atoms with van der Waals surface area (Å²) in [6.45, 7) is -0.0247. The quantitative estimate of drug-likeness (QED) is 0.826. The van der Waals surface area contributed by atoms with E-state index in [4.69, 9.17) is 4.74 Å². The number of hydrogen-bond donors (Lipinski definition) is 2. The first-order chi connectivity index (χ1) is 14.1. The molecule has 2 aromatic rings. The van der Waals surface area contributed by atoms with Crippen LogP contribution >= 0.6 is 0 Å². The maximum Gasteiger partial charge on any atom is 0.326 e. The van der Waals surface area contributed by atoms with Crippen molar-refractivity contribution in [2.75, 3.05) is 37.1 Å². The van der Waals surface area contributed by atoms with Gasteiger partial charge >= 0.3 is 6.03 Å². The molecule has 2 aliphatic heterocycles. The highest BCUT2D eigenvalue weighted by atomic mass is 19.1. The third-order valence-corrected chi connectivity index (χ3v) is 5.60. The second kappa shape index (κ2) is 7.81. The molecule has 2 aliphatic rings.